The zero-order valence-corrected chi connectivity index (χ0v) is 22.7. The third kappa shape index (κ3) is 5.09. The van der Waals surface area contributed by atoms with E-state index in [-0.39, 0.29) is 17.9 Å². The maximum absolute atomic E-state index is 13.5. The maximum Gasteiger partial charge on any atom is 0.295 e. The van der Waals surface area contributed by atoms with E-state index in [4.69, 9.17) is 9.47 Å². The first-order chi connectivity index (χ1) is 18.2. The van der Waals surface area contributed by atoms with Gasteiger partial charge in [-0.3, -0.25) is 9.59 Å². The first kappa shape index (κ1) is 26.8. The van der Waals surface area contributed by atoms with E-state index < -0.39 is 17.7 Å². The van der Waals surface area contributed by atoms with Crippen LogP contribution < -0.4 is 14.4 Å². The zero-order valence-electron chi connectivity index (χ0n) is 22.7. The molecule has 1 aliphatic heterocycles. The Morgan fingerprint density at radius 3 is 2.37 bits per heavy atom. The lowest BCUT2D eigenvalue weighted by Crippen LogP contribution is -2.29. The highest BCUT2D eigenvalue weighted by atomic mass is 16.5. The molecule has 3 aromatic carbocycles. The first-order valence-electron chi connectivity index (χ1n) is 12.6. The Labute approximate surface area is 223 Å². The van der Waals surface area contributed by atoms with Crippen molar-refractivity contribution < 1.29 is 24.2 Å². The van der Waals surface area contributed by atoms with Crippen LogP contribution in [-0.2, 0) is 16.1 Å². The molecule has 3 aromatic rings. The van der Waals surface area contributed by atoms with Crippen molar-refractivity contribution in [3.63, 3.8) is 0 Å². The number of likely N-dealkylation sites (tertiary alicyclic amines) is 1. The normalized spacial score (nSPS) is 16.6. The van der Waals surface area contributed by atoms with Crippen LogP contribution >= 0.6 is 0 Å². The number of ether oxygens (including phenoxy) is 2. The van der Waals surface area contributed by atoms with Gasteiger partial charge in [-0.25, -0.2) is 0 Å². The summed E-state index contributed by atoms with van der Waals surface area (Å²) in [5.41, 5.74) is 4.67. The standard InChI is InChI=1S/C31H34N2O5/c1-7-38-24-10-8-9-21(17-24)18-33-27(22-11-13-23(14-12-22)32(4)5)26(29(35)31(33)36)28(34)25-16-19(2)15-20(3)30(25)37-6/h8-17,27,34H,7,18H2,1-6H3/b28-26+. The summed E-state index contributed by atoms with van der Waals surface area (Å²) in [6.45, 7) is 6.38. The van der Waals surface area contributed by atoms with Crippen molar-refractivity contribution in [3.05, 3.63) is 94.1 Å². The number of hydrogen-bond acceptors (Lipinski definition) is 6. The molecule has 1 N–H and O–H groups in total. The van der Waals surface area contributed by atoms with Crippen molar-refractivity contribution in [1.29, 1.82) is 0 Å². The Kier molecular flexibility index (Phi) is 7.76. The second kappa shape index (κ2) is 11.0. The summed E-state index contributed by atoms with van der Waals surface area (Å²) in [4.78, 5) is 30.5. The van der Waals surface area contributed by atoms with E-state index in [0.717, 1.165) is 27.9 Å². The number of methoxy groups -OCH3 is 1. The average molecular weight is 515 g/mol. The van der Waals surface area contributed by atoms with E-state index in [9.17, 15) is 14.7 Å². The molecule has 7 nitrogen and oxygen atoms in total. The topological polar surface area (TPSA) is 79.3 Å². The van der Waals surface area contributed by atoms with Gasteiger partial charge in [0.2, 0.25) is 0 Å². The Bertz CT molecular complexity index is 1390. The molecule has 0 radical (unpaired) electrons. The average Bonchev–Trinajstić information content (AvgIpc) is 3.13. The molecule has 7 heteroatoms. The number of aliphatic hydroxyl groups is 1. The molecule has 1 fully saturated rings. The zero-order chi connectivity index (χ0) is 27.6. The van der Waals surface area contributed by atoms with Gasteiger partial charge >= 0.3 is 0 Å². The first-order valence-corrected chi connectivity index (χ1v) is 12.6. The van der Waals surface area contributed by atoms with Crippen LogP contribution in [0.25, 0.3) is 5.76 Å². The molecular weight excluding hydrogens is 480 g/mol. The number of Topliss-reactive ketones (excluding diaryl/α,β-unsaturated/α-hetero) is 1. The molecular formula is C31H34N2O5. The van der Waals surface area contributed by atoms with Crippen LogP contribution in [-0.4, -0.2) is 49.5 Å². The number of carbonyl (C=O) groups is 2. The molecule has 0 spiro atoms. The number of nitrogens with zero attached hydrogens (tertiary/aromatic N) is 2. The minimum Gasteiger partial charge on any atom is -0.507 e. The van der Waals surface area contributed by atoms with Crippen LogP contribution in [0, 0.1) is 13.8 Å². The number of hydrogen-bond donors (Lipinski definition) is 1. The van der Waals surface area contributed by atoms with Gasteiger partial charge in [0.05, 0.1) is 30.9 Å². The van der Waals surface area contributed by atoms with Gasteiger partial charge in [0.15, 0.2) is 0 Å². The Morgan fingerprint density at radius 1 is 1.03 bits per heavy atom. The van der Waals surface area contributed by atoms with Crippen molar-refractivity contribution in [3.8, 4) is 11.5 Å². The number of aliphatic hydroxyl groups excluding tert-OH is 1. The van der Waals surface area contributed by atoms with Crippen molar-refractivity contribution in [2.75, 3.05) is 32.7 Å². The van der Waals surface area contributed by atoms with E-state index in [1.807, 2.05) is 94.4 Å². The fraction of sp³-hybridized carbons (Fsp3) is 0.290. The van der Waals surface area contributed by atoms with E-state index in [1.165, 1.54) is 12.0 Å². The van der Waals surface area contributed by atoms with Crippen molar-refractivity contribution >= 4 is 23.1 Å². The number of benzene rings is 3. The van der Waals surface area contributed by atoms with Crippen LogP contribution in [0.15, 0.2) is 66.2 Å². The van der Waals surface area contributed by atoms with Gasteiger partial charge in [0.25, 0.3) is 11.7 Å². The summed E-state index contributed by atoms with van der Waals surface area (Å²) in [5.74, 6) is -0.497. The molecule has 1 unspecified atom stereocenters. The van der Waals surface area contributed by atoms with Gasteiger partial charge in [0, 0.05) is 26.3 Å². The molecule has 0 aliphatic carbocycles. The number of aryl methyl sites for hydroxylation is 2. The molecule has 1 atom stereocenters. The van der Waals surface area contributed by atoms with Gasteiger partial charge in [-0.2, -0.15) is 0 Å². The van der Waals surface area contributed by atoms with Crippen LogP contribution in [0.5, 0.6) is 11.5 Å². The molecule has 1 amide bonds. The predicted molar refractivity (Wildman–Crippen MR) is 149 cm³/mol. The lowest BCUT2D eigenvalue weighted by molar-refractivity contribution is -0.140. The van der Waals surface area contributed by atoms with E-state index in [0.29, 0.717) is 23.7 Å². The van der Waals surface area contributed by atoms with Crippen LogP contribution in [0.1, 0.15) is 40.8 Å². The SMILES string of the molecule is CCOc1cccc(CN2C(=O)C(=O)/C(=C(/O)c3cc(C)cc(C)c3OC)C2c2ccc(N(C)C)cc2)c1. The van der Waals surface area contributed by atoms with E-state index in [2.05, 4.69) is 0 Å². The van der Waals surface area contributed by atoms with Gasteiger partial charge < -0.3 is 24.4 Å². The monoisotopic (exact) mass is 514 g/mol. The summed E-state index contributed by atoms with van der Waals surface area (Å²) in [6.07, 6.45) is 0. The Morgan fingerprint density at radius 2 is 1.74 bits per heavy atom. The molecule has 0 saturated carbocycles. The number of amides is 1. The third-order valence-corrected chi connectivity index (χ3v) is 6.71. The second-order valence-corrected chi connectivity index (χ2v) is 9.66. The van der Waals surface area contributed by atoms with Gasteiger partial charge in [-0.05, 0) is 73.4 Å². The minimum atomic E-state index is -0.785. The molecule has 0 aromatic heterocycles. The molecule has 1 aliphatic rings. The minimum absolute atomic E-state index is 0.0388. The molecule has 4 rings (SSSR count). The van der Waals surface area contributed by atoms with Crippen LogP contribution in [0.2, 0.25) is 0 Å². The van der Waals surface area contributed by atoms with Crippen LogP contribution in [0.4, 0.5) is 5.69 Å². The summed E-state index contributed by atoms with van der Waals surface area (Å²) in [6, 6.07) is 18.0. The lowest BCUT2D eigenvalue weighted by Gasteiger charge is -2.26. The fourth-order valence-corrected chi connectivity index (χ4v) is 4.99. The Balaban J connectivity index is 1.89. The summed E-state index contributed by atoms with van der Waals surface area (Å²) < 4.78 is 11.2. The smallest absolute Gasteiger partial charge is 0.295 e. The highest BCUT2D eigenvalue weighted by molar-refractivity contribution is 6.46. The van der Waals surface area contributed by atoms with Gasteiger partial charge in [-0.1, -0.05) is 30.3 Å². The summed E-state index contributed by atoms with van der Waals surface area (Å²) in [7, 11) is 5.41. The van der Waals surface area contributed by atoms with Gasteiger partial charge in [-0.15, -0.1) is 0 Å². The molecule has 1 saturated heterocycles. The largest absolute Gasteiger partial charge is 0.507 e. The highest BCUT2D eigenvalue weighted by Crippen LogP contribution is 2.43. The fourth-order valence-electron chi connectivity index (χ4n) is 4.99. The van der Waals surface area contributed by atoms with Crippen molar-refractivity contribution in [2.45, 2.75) is 33.4 Å². The van der Waals surface area contributed by atoms with Crippen molar-refractivity contribution in [1.82, 2.24) is 4.90 Å². The third-order valence-electron chi connectivity index (χ3n) is 6.71. The molecule has 38 heavy (non-hydrogen) atoms. The van der Waals surface area contributed by atoms with E-state index >= 15 is 0 Å². The lowest BCUT2D eigenvalue weighted by atomic mass is 9.93. The molecule has 1 heterocycles. The predicted octanol–water partition coefficient (Wildman–Crippen LogP) is 5.40. The molecule has 0 bridgehead atoms. The number of ketones is 1. The summed E-state index contributed by atoms with van der Waals surface area (Å²) >= 11 is 0. The number of rotatable bonds is 8. The maximum atomic E-state index is 13.5. The number of carbonyl (C=O) groups excluding carboxylic acids is 2. The van der Waals surface area contributed by atoms with Crippen molar-refractivity contribution in [2.24, 2.45) is 0 Å². The summed E-state index contributed by atoms with van der Waals surface area (Å²) in [5, 5.41) is 11.6. The van der Waals surface area contributed by atoms with Gasteiger partial charge in [0.1, 0.15) is 17.3 Å². The molecule has 198 valence electrons. The van der Waals surface area contributed by atoms with Crippen LogP contribution in [0.3, 0.4) is 0 Å². The number of anilines is 1. The van der Waals surface area contributed by atoms with E-state index in [1.54, 1.807) is 6.07 Å². The Hall–Kier alpha value is -4.26. The quantitative estimate of drug-likeness (QED) is 0.246. The highest BCUT2D eigenvalue weighted by Gasteiger charge is 2.46. The second-order valence-electron chi connectivity index (χ2n) is 9.66.